The molecule has 1 saturated carbocycles. The highest BCUT2D eigenvalue weighted by Crippen LogP contribution is 2.42. The summed E-state index contributed by atoms with van der Waals surface area (Å²) < 4.78 is 5.62. The summed E-state index contributed by atoms with van der Waals surface area (Å²) in [5.41, 5.74) is 5.24. The average Bonchev–Trinajstić information content (AvgIpc) is 2.15. The molecule has 1 aliphatic carbocycles. The fourth-order valence-corrected chi connectivity index (χ4v) is 2.09. The summed E-state index contributed by atoms with van der Waals surface area (Å²) in [5.74, 6) is -0.249. The molecule has 0 saturated heterocycles. The van der Waals surface area contributed by atoms with Crippen LogP contribution in [-0.2, 0) is 9.53 Å². The molecule has 4 nitrogen and oxygen atoms in total. The second-order valence-corrected chi connectivity index (χ2v) is 4.72. The van der Waals surface area contributed by atoms with Gasteiger partial charge in [-0.1, -0.05) is 13.8 Å². The molecule has 0 spiro atoms. The van der Waals surface area contributed by atoms with Crippen LogP contribution in [0.15, 0.2) is 0 Å². The van der Waals surface area contributed by atoms with E-state index in [1.165, 1.54) is 0 Å². The van der Waals surface area contributed by atoms with Gasteiger partial charge in [-0.05, 0) is 13.3 Å². The maximum atomic E-state index is 10.6. The molecule has 15 heavy (non-hydrogen) atoms. The third-order valence-corrected chi connectivity index (χ3v) is 3.31. The fraction of sp³-hybridized carbons (Fsp3) is 0.909. The van der Waals surface area contributed by atoms with E-state index in [1.54, 1.807) is 0 Å². The van der Waals surface area contributed by atoms with Crippen LogP contribution < -0.4 is 11.1 Å². The van der Waals surface area contributed by atoms with Crippen molar-refractivity contribution in [2.24, 2.45) is 11.1 Å². The van der Waals surface area contributed by atoms with E-state index in [-0.39, 0.29) is 11.3 Å². The minimum Gasteiger partial charge on any atom is -0.378 e. The first-order valence-corrected chi connectivity index (χ1v) is 5.61. The van der Waals surface area contributed by atoms with Crippen molar-refractivity contribution in [3.05, 3.63) is 0 Å². The SMILES string of the molecule is CCOC1CC(NCCC(N)=O)C1(C)C. The third-order valence-electron chi connectivity index (χ3n) is 3.31. The first-order chi connectivity index (χ1) is 6.98. The van der Waals surface area contributed by atoms with E-state index in [2.05, 4.69) is 19.2 Å². The molecule has 1 fully saturated rings. The smallest absolute Gasteiger partial charge is 0.218 e. The second kappa shape index (κ2) is 4.94. The summed E-state index contributed by atoms with van der Waals surface area (Å²) in [4.78, 5) is 10.6. The molecule has 0 bridgehead atoms. The Hall–Kier alpha value is -0.610. The number of rotatable bonds is 6. The molecular weight excluding hydrogens is 192 g/mol. The Morgan fingerprint density at radius 3 is 2.73 bits per heavy atom. The molecule has 0 aromatic rings. The zero-order valence-electron chi connectivity index (χ0n) is 9.88. The zero-order chi connectivity index (χ0) is 11.5. The van der Waals surface area contributed by atoms with Crippen molar-refractivity contribution in [3.8, 4) is 0 Å². The van der Waals surface area contributed by atoms with Crippen molar-refractivity contribution in [1.29, 1.82) is 0 Å². The summed E-state index contributed by atoms with van der Waals surface area (Å²) in [7, 11) is 0. The van der Waals surface area contributed by atoms with Gasteiger partial charge in [0.2, 0.25) is 5.91 Å². The van der Waals surface area contributed by atoms with Crippen molar-refractivity contribution in [2.75, 3.05) is 13.2 Å². The Kier molecular flexibility index (Phi) is 4.11. The molecule has 0 radical (unpaired) electrons. The topological polar surface area (TPSA) is 64.3 Å². The minimum atomic E-state index is -0.249. The molecule has 3 N–H and O–H groups in total. The number of nitrogens with two attached hydrogens (primary N) is 1. The third kappa shape index (κ3) is 2.92. The van der Waals surface area contributed by atoms with E-state index < -0.39 is 0 Å². The molecule has 88 valence electrons. The largest absolute Gasteiger partial charge is 0.378 e. The van der Waals surface area contributed by atoms with Crippen LogP contribution >= 0.6 is 0 Å². The van der Waals surface area contributed by atoms with Gasteiger partial charge in [0.05, 0.1) is 6.10 Å². The quantitative estimate of drug-likeness (QED) is 0.682. The predicted molar refractivity (Wildman–Crippen MR) is 59.4 cm³/mol. The van der Waals surface area contributed by atoms with Crippen molar-refractivity contribution < 1.29 is 9.53 Å². The van der Waals surface area contributed by atoms with Crippen molar-refractivity contribution in [1.82, 2.24) is 5.32 Å². The van der Waals surface area contributed by atoms with Crippen LogP contribution in [0.4, 0.5) is 0 Å². The van der Waals surface area contributed by atoms with Crippen molar-refractivity contribution in [2.45, 2.75) is 45.8 Å². The molecule has 0 aromatic carbocycles. The standard InChI is InChI=1S/C11H22N2O2/c1-4-15-9-7-8(11(9,2)3)13-6-5-10(12)14/h8-9,13H,4-7H2,1-3H3,(H2,12,14). The Bertz CT molecular complexity index is 229. The van der Waals surface area contributed by atoms with Gasteiger partial charge in [-0.2, -0.15) is 0 Å². The van der Waals surface area contributed by atoms with Gasteiger partial charge in [-0.25, -0.2) is 0 Å². The lowest BCUT2D eigenvalue weighted by Crippen LogP contribution is -2.61. The number of nitrogens with one attached hydrogen (secondary N) is 1. The van der Waals surface area contributed by atoms with Gasteiger partial charge >= 0.3 is 0 Å². The number of ether oxygens (including phenoxy) is 1. The minimum absolute atomic E-state index is 0.160. The molecule has 2 atom stereocenters. The van der Waals surface area contributed by atoms with Crippen LogP contribution in [0.3, 0.4) is 0 Å². The normalized spacial score (nSPS) is 28.5. The summed E-state index contributed by atoms with van der Waals surface area (Å²) >= 11 is 0. The highest BCUT2D eigenvalue weighted by atomic mass is 16.5. The van der Waals surface area contributed by atoms with Gasteiger partial charge in [0.15, 0.2) is 0 Å². The molecule has 1 aliphatic rings. The van der Waals surface area contributed by atoms with Crippen LogP contribution in [0, 0.1) is 5.41 Å². The van der Waals surface area contributed by atoms with Gasteiger partial charge in [0.1, 0.15) is 0 Å². The highest BCUT2D eigenvalue weighted by Gasteiger charge is 2.48. The van der Waals surface area contributed by atoms with Crippen LogP contribution in [-0.4, -0.2) is 31.2 Å². The first-order valence-electron chi connectivity index (χ1n) is 5.61. The van der Waals surface area contributed by atoms with E-state index in [1.807, 2.05) is 6.92 Å². The van der Waals surface area contributed by atoms with Gasteiger partial charge in [-0.15, -0.1) is 0 Å². The van der Waals surface area contributed by atoms with Crippen molar-refractivity contribution >= 4 is 5.91 Å². The maximum absolute atomic E-state index is 10.6. The van der Waals surface area contributed by atoms with Gasteiger partial charge in [0.25, 0.3) is 0 Å². The number of hydrogen-bond donors (Lipinski definition) is 2. The van der Waals surface area contributed by atoms with E-state index in [9.17, 15) is 4.79 Å². The Morgan fingerprint density at radius 1 is 1.60 bits per heavy atom. The number of hydrogen-bond acceptors (Lipinski definition) is 3. The van der Waals surface area contributed by atoms with E-state index in [0.717, 1.165) is 13.0 Å². The molecule has 4 heteroatoms. The van der Waals surface area contributed by atoms with E-state index in [0.29, 0.717) is 25.1 Å². The number of carbonyl (C=O) groups is 1. The summed E-state index contributed by atoms with van der Waals surface area (Å²) in [5, 5.41) is 3.35. The van der Waals surface area contributed by atoms with Crippen LogP contribution in [0.5, 0.6) is 0 Å². The van der Waals surface area contributed by atoms with Crippen LogP contribution in [0.2, 0.25) is 0 Å². The Morgan fingerprint density at radius 2 is 2.27 bits per heavy atom. The second-order valence-electron chi connectivity index (χ2n) is 4.72. The van der Waals surface area contributed by atoms with E-state index in [4.69, 9.17) is 10.5 Å². The molecule has 0 aliphatic heterocycles. The molecule has 0 aromatic heterocycles. The van der Waals surface area contributed by atoms with Gasteiger partial charge in [-0.3, -0.25) is 4.79 Å². The van der Waals surface area contributed by atoms with Crippen LogP contribution in [0.1, 0.15) is 33.6 Å². The highest BCUT2D eigenvalue weighted by molar-refractivity contribution is 5.73. The number of amides is 1. The fourth-order valence-electron chi connectivity index (χ4n) is 2.09. The lowest BCUT2D eigenvalue weighted by Gasteiger charge is -2.52. The van der Waals surface area contributed by atoms with E-state index >= 15 is 0 Å². The lowest BCUT2D eigenvalue weighted by atomic mass is 9.64. The molecular formula is C11H22N2O2. The lowest BCUT2D eigenvalue weighted by molar-refractivity contribution is -0.120. The molecule has 1 rings (SSSR count). The maximum Gasteiger partial charge on any atom is 0.218 e. The molecule has 0 heterocycles. The summed E-state index contributed by atoms with van der Waals surface area (Å²) in [6, 6.07) is 0.438. The van der Waals surface area contributed by atoms with Gasteiger partial charge in [0, 0.05) is 31.0 Å². The number of primary amides is 1. The van der Waals surface area contributed by atoms with Gasteiger partial charge < -0.3 is 15.8 Å². The molecule has 2 unspecified atom stereocenters. The predicted octanol–water partition coefficient (Wildman–Crippen LogP) is 0.655. The average molecular weight is 214 g/mol. The first kappa shape index (κ1) is 12.5. The summed E-state index contributed by atoms with van der Waals surface area (Å²) in [6.45, 7) is 7.84. The van der Waals surface area contributed by atoms with Crippen LogP contribution in [0.25, 0.3) is 0 Å². The Labute approximate surface area is 91.5 Å². The Balaban J connectivity index is 2.26. The monoisotopic (exact) mass is 214 g/mol. The number of carbonyl (C=O) groups excluding carboxylic acids is 1. The molecule has 1 amide bonds. The zero-order valence-corrected chi connectivity index (χ0v) is 9.88. The summed E-state index contributed by atoms with van der Waals surface area (Å²) in [6.07, 6.45) is 1.78. The van der Waals surface area contributed by atoms with Crippen molar-refractivity contribution in [3.63, 3.8) is 0 Å².